The average Bonchev–Trinajstić information content (AvgIpc) is 2.41. The Morgan fingerprint density at radius 2 is 1.75 bits per heavy atom. The van der Waals surface area contributed by atoms with Gasteiger partial charge in [-0.3, -0.25) is 0 Å². The van der Waals surface area contributed by atoms with E-state index in [0.717, 1.165) is 32.4 Å². The van der Waals surface area contributed by atoms with E-state index in [0.29, 0.717) is 0 Å². The van der Waals surface area contributed by atoms with Crippen LogP contribution in [0.1, 0.15) is 20.7 Å². The van der Waals surface area contributed by atoms with Crippen molar-refractivity contribution in [2.45, 2.75) is 0 Å². The van der Waals surface area contributed by atoms with Gasteiger partial charge in [-0.25, -0.2) is 4.79 Å². The number of carbonyl (C=O) groups excluding carboxylic acids is 1. The number of nitrogens with one attached hydrogen (secondary N) is 1. The van der Waals surface area contributed by atoms with Crippen LogP contribution >= 0.6 is 0 Å². The number of hydrogen-bond acceptors (Lipinski definition) is 5. The molecule has 0 unspecified atom stereocenters. The summed E-state index contributed by atoms with van der Waals surface area (Å²) in [5, 5.41) is 21.9. The van der Waals surface area contributed by atoms with E-state index in [-0.39, 0.29) is 68.0 Å². The van der Waals surface area contributed by atoms with Crippen LogP contribution in [0.15, 0.2) is 24.3 Å². The molecule has 1 heterocycles. The smallest absolute Gasteiger partial charge is 0.545 e. The summed E-state index contributed by atoms with van der Waals surface area (Å²) in [6.45, 7) is 3.83. The molecule has 106 valence electrons. The summed E-state index contributed by atoms with van der Waals surface area (Å²) in [6, 6.07) is 5.00. The van der Waals surface area contributed by atoms with Gasteiger partial charge in [0, 0.05) is 13.1 Å². The maximum Gasteiger partial charge on any atom is 1.00 e. The number of rotatable bonds is 2. The Morgan fingerprint density at radius 1 is 1.20 bits per heavy atom. The Bertz CT molecular complexity index is 381. The van der Waals surface area contributed by atoms with Gasteiger partial charge >= 0.3 is 57.4 Å². The number of carbonyl (C=O) groups is 2. The molecule has 0 aliphatic carbocycles. The third-order valence-electron chi connectivity index (χ3n) is 2.19. The van der Waals surface area contributed by atoms with Gasteiger partial charge in [0.05, 0.1) is 24.7 Å². The molecule has 0 radical (unpaired) electrons. The zero-order chi connectivity index (χ0) is 13.4. The van der Waals surface area contributed by atoms with Crippen LogP contribution in [-0.2, 0) is 4.74 Å². The first-order chi connectivity index (χ1) is 8.61. The van der Waals surface area contributed by atoms with E-state index >= 15 is 0 Å². The maximum absolute atomic E-state index is 10.4. The summed E-state index contributed by atoms with van der Waals surface area (Å²) in [5.41, 5.74) is -0.188. The number of carboxylic acids is 2. The third kappa shape index (κ3) is 8.77. The van der Waals surface area contributed by atoms with Crippen LogP contribution in [0.25, 0.3) is 0 Å². The number of benzene rings is 1. The van der Waals surface area contributed by atoms with E-state index in [1.165, 1.54) is 18.2 Å². The molecule has 0 spiro atoms. The molecule has 0 saturated carbocycles. The van der Waals surface area contributed by atoms with Crippen LogP contribution in [0, 0.1) is 0 Å². The summed E-state index contributed by atoms with van der Waals surface area (Å²) >= 11 is 0. The van der Waals surface area contributed by atoms with E-state index in [4.69, 9.17) is 9.84 Å². The topological polar surface area (TPSA) is 130 Å². The average molecular weight is 309 g/mol. The van der Waals surface area contributed by atoms with Crippen molar-refractivity contribution in [1.82, 2.24) is 5.32 Å². The number of morpholine rings is 1. The number of hydrogen-bond donors (Lipinski definition) is 2. The first-order valence-corrected chi connectivity index (χ1v) is 5.44. The predicted octanol–water partition coefficient (Wildman–Crippen LogP) is -4.47. The van der Waals surface area contributed by atoms with Crippen LogP contribution in [0.4, 0.5) is 0 Å². The molecule has 1 aromatic rings. The zero-order valence-corrected chi connectivity index (χ0v) is 14.3. The molecule has 0 atom stereocenters. The van der Waals surface area contributed by atoms with Crippen LogP contribution < -0.4 is 61.8 Å². The minimum atomic E-state index is -1.38. The Hall–Kier alpha value is -0.324. The molecule has 1 aliphatic rings. The molecule has 7 nitrogen and oxygen atoms in total. The Labute approximate surface area is 159 Å². The summed E-state index contributed by atoms with van der Waals surface area (Å²) in [6.07, 6.45) is 0. The largest absolute Gasteiger partial charge is 1.00 e. The fraction of sp³-hybridized carbons (Fsp3) is 0.333. The van der Waals surface area contributed by atoms with Gasteiger partial charge in [0.1, 0.15) is 0 Å². The summed E-state index contributed by atoms with van der Waals surface area (Å²) in [5.74, 6) is -2.53. The molecule has 1 saturated heterocycles. The van der Waals surface area contributed by atoms with Gasteiger partial charge in [-0.1, -0.05) is 12.1 Å². The SMILES string of the molecule is C1COCCN1.O.O=C([O-])c1cccc(C(=O)O)c1.[K+]. The number of ether oxygens (including phenoxy) is 1. The van der Waals surface area contributed by atoms with Gasteiger partial charge in [-0.05, 0) is 17.7 Å². The van der Waals surface area contributed by atoms with Crippen molar-refractivity contribution in [3.05, 3.63) is 35.4 Å². The van der Waals surface area contributed by atoms with Gasteiger partial charge in [0.25, 0.3) is 0 Å². The van der Waals surface area contributed by atoms with E-state index in [2.05, 4.69) is 5.32 Å². The molecule has 1 aliphatic heterocycles. The normalized spacial score (nSPS) is 12.8. The van der Waals surface area contributed by atoms with Crippen molar-refractivity contribution < 1.29 is 81.4 Å². The Balaban J connectivity index is 0. The van der Waals surface area contributed by atoms with Gasteiger partial charge in [-0.2, -0.15) is 0 Å². The maximum atomic E-state index is 10.4. The zero-order valence-electron chi connectivity index (χ0n) is 11.2. The molecule has 4 N–H and O–H groups in total. The van der Waals surface area contributed by atoms with Crippen molar-refractivity contribution in [2.24, 2.45) is 0 Å². The van der Waals surface area contributed by atoms with E-state index in [1.807, 2.05) is 0 Å². The Kier molecular flexibility index (Phi) is 13.6. The van der Waals surface area contributed by atoms with Gasteiger partial charge in [-0.15, -0.1) is 0 Å². The van der Waals surface area contributed by atoms with E-state index < -0.39 is 11.9 Å². The van der Waals surface area contributed by atoms with Crippen LogP contribution in [0.2, 0.25) is 0 Å². The second kappa shape index (κ2) is 12.4. The molecule has 8 heteroatoms. The second-order valence-corrected chi connectivity index (χ2v) is 3.54. The minimum absolute atomic E-state index is 0. The summed E-state index contributed by atoms with van der Waals surface area (Å²) in [7, 11) is 0. The first kappa shape index (κ1) is 22.0. The number of aromatic carboxylic acids is 2. The molecule has 1 aromatic carbocycles. The number of carboxylic acid groups (broad SMARTS) is 2. The van der Waals surface area contributed by atoms with Gasteiger partial charge in [0.15, 0.2) is 0 Å². The molecular formula is C12H16KNO6. The predicted molar refractivity (Wildman–Crippen MR) is 65.0 cm³/mol. The molecule has 0 amide bonds. The fourth-order valence-corrected chi connectivity index (χ4v) is 1.29. The van der Waals surface area contributed by atoms with Crippen molar-refractivity contribution in [1.29, 1.82) is 0 Å². The third-order valence-corrected chi connectivity index (χ3v) is 2.19. The molecular weight excluding hydrogens is 293 g/mol. The van der Waals surface area contributed by atoms with E-state index in [9.17, 15) is 14.7 Å². The van der Waals surface area contributed by atoms with Crippen LogP contribution in [0.5, 0.6) is 0 Å². The van der Waals surface area contributed by atoms with E-state index in [1.54, 1.807) is 0 Å². The molecule has 0 bridgehead atoms. The summed E-state index contributed by atoms with van der Waals surface area (Å²) < 4.78 is 5.01. The van der Waals surface area contributed by atoms with Crippen LogP contribution in [-0.4, -0.2) is 48.8 Å². The van der Waals surface area contributed by atoms with Crippen molar-refractivity contribution in [3.63, 3.8) is 0 Å². The first-order valence-electron chi connectivity index (χ1n) is 5.44. The monoisotopic (exact) mass is 309 g/mol. The quantitative estimate of drug-likeness (QED) is 0.530. The molecule has 2 rings (SSSR count). The minimum Gasteiger partial charge on any atom is -0.545 e. The van der Waals surface area contributed by atoms with Gasteiger partial charge in [0.2, 0.25) is 0 Å². The van der Waals surface area contributed by atoms with Crippen molar-refractivity contribution in [3.8, 4) is 0 Å². The Morgan fingerprint density at radius 3 is 2.10 bits per heavy atom. The fourth-order valence-electron chi connectivity index (χ4n) is 1.29. The van der Waals surface area contributed by atoms with Crippen molar-refractivity contribution >= 4 is 11.9 Å². The molecule has 0 aromatic heterocycles. The molecule has 20 heavy (non-hydrogen) atoms. The van der Waals surface area contributed by atoms with Gasteiger partial charge < -0.3 is 30.5 Å². The summed E-state index contributed by atoms with van der Waals surface area (Å²) in [4.78, 5) is 20.6. The second-order valence-electron chi connectivity index (χ2n) is 3.54. The molecule has 1 fully saturated rings. The van der Waals surface area contributed by atoms with Crippen molar-refractivity contribution in [2.75, 3.05) is 26.3 Å². The van der Waals surface area contributed by atoms with Crippen LogP contribution in [0.3, 0.4) is 0 Å². The standard InChI is InChI=1S/C8H6O4.C4H9NO.K.H2O/c9-7(10)5-2-1-3-6(4-5)8(11)12;1-3-6-4-2-5-1;;/h1-4H,(H,9,10)(H,11,12);5H,1-4H2;;1H2/q;;+1;/p-1.